The Balaban J connectivity index is 1.50. The van der Waals surface area contributed by atoms with Crippen molar-refractivity contribution in [2.75, 3.05) is 6.54 Å². The Bertz CT molecular complexity index is 1010. The van der Waals surface area contributed by atoms with Gasteiger partial charge in [-0.25, -0.2) is 9.37 Å². The molecule has 3 rings (SSSR count). The molecular formula is C20H20F4N4O2. The van der Waals surface area contributed by atoms with Crippen LogP contribution in [0.3, 0.4) is 0 Å². The molecule has 2 aromatic heterocycles. The predicted octanol–water partition coefficient (Wildman–Crippen LogP) is 4.00. The molecule has 0 aliphatic rings. The second-order valence-electron chi connectivity index (χ2n) is 6.94. The maximum Gasteiger partial charge on any atom is 0.435 e. The molecule has 6 nitrogen and oxygen atoms in total. The van der Waals surface area contributed by atoms with Crippen molar-refractivity contribution in [3.8, 4) is 11.5 Å². The Labute approximate surface area is 169 Å². The smallest absolute Gasteiger partial charge is 0.435 e. The Morgan fingerprint density at radius 3 is 2.60 bits per heavy atom. The molecule has 0 saturated heterocycles. The topological polar surface area (TPSA) is 73.0 Å². The summed E-state index contributed by atoms with van der Waals surface area (Å²) in [5.74, 6) is -0.890. The van der Waals surface area contributed by atoms with Gasteiger partial charge in [0.2, 0.25) is 11.8 Å². The number of carbonyl (C=O) groups excluding carboxylic acids is 1. The molecule has 0 spiro atoms. The number of aryl methyl sites for hydroxylation is 1. The van der Waals surface area contributed by atoms with E-state index in [1.54, 1.807) is 19.1 Å². The number of hydrogen-bond donors (Lipinski definition) is 1. The lowest BCUT2D eigenvalue weighted by molar-refractivity contribution is -0.141. The minimum atomic E-state index is -4.52. The molecule has 1 aromatic carbocycles. The summed E-state index contributed by atoms with van der Waals surface area (Å²) >= 11 is 0. The van der Waals surface area contributed by atoms with Crippen molar-refractivity contribution >= 4 is 5.91 Å². The Hall–Kier alpha value is -3.17. The second kappa shape index (κ2) is 8.68. The highest BCUT2D eigenvalue weighted by Crippen LogP contribution is 2.28. The van der Waals surface area contributed by atoms with Gasteiger partial charge in [0.1, 0.15) is 12.1 Å². The Kier molecular flexibility index (Phi) is 6.23. The van der Waals surface area contributed by atoms with Crippen LogP contribution in [0.25, 0.3) is 11.5 Å². The Morgan fingerprint density at radius 2 is 1.97 bits per heavy atom. The van der Waals surface area contributed by atoms with Crippen LogP contribution in [0.1, 0.15) is 24.0 Å². The molecule has 1 unspecified atom stereocenters. The molecule has 1 amide bonds. The number of carbonyl (C=O) groups is 1. The first-order valence-corrected chi connectivity index (χ1v) is 9.23. The van der Waals surface area contributed by atoms with Gasteiger partial charge in [0.25, 0.3) is 0 Å². The fraction of sp³-hybridized carbons (Fsp3) is 0.350. The van der Waals surface area contributed by atoms with Crippen LogP contribution in [-0.2, 0) is 23.9 Å². The number of amides is 1. The summed E-state index contributed by atoms with van der Waals surface area (Å²) in [5.41, 5.74) is 0.599. The van der Waals surface area contributed by atoms with E-state index in [0.717, 1.165) is 6.07 Å². The number of alkyl halides is 3. The van der Waals surface area contributed by atoms with E-state index in [9.17, 15) is 22.4 Å². The molecule has 1 atom stereocenters. The molecule has 0 aliphatic carbocycles. The number of nitrogens with zero attached hydrogens (tertiary/aromatic N) is 3. The van der Waals surface area contributed by atoms with E-state index in [2.05, 4.69) is 15.4 Å². The molecule has 2 heterocycles. The first-order chi connectivity index (χ1) is 14.1. The van der Waals surface area contributed by atoms with Crippen LogP contribution in [0.5, 0.6) is 0 Å². The number of aromatic nitrogens is 3. The zero-order valence-electron chi connectivity index (χ0n) is 16.3. The average Bonchev–Trinajstić information content (AvgIpc) is 3.29. The number of benzene rings is 1. The largest absolute Gasteiger partial charge is 0.444 e. The van der Waals surface area contributed by atoms with Crippen molar-refractivity contribution in [1.82, 2.24) is 20.1 Å². The molecule has 1 N–H and O–H groups in total. The highest BCUT2D eigenvalue weighted by molar-refractivity contribution is 5.78. The third kappa shape index (κ3) is 5.25. The van der Waals surface area contributed by atoms with Crippen LogP contribution in [0, 0.1) is 18.7 Å². The SMILES string of the molecule is Cc1cc(C(F)(F)F)nn1CC(C)C(=O)NCCc1coc(-c2ccc(F)cc2)n1. The van der Waals surface area contributed by atoms with Gasteiger partial charge in [-0.1, -0.05) is 6.92 Å². The highest BCUT2D eigenvalue weighted by Gasteiger charge is 2.34. The molecule has 0 radical (unpaired) electrons. The number of oxazole rings is 1. The summed E-state index contributed by atoms with van der Waals surface area (Å²) in [6.07, 6.45) is -2.66. The number of hydrogen-bond acceptors (Lipinski definition) is 4. The predicted molar refractivity (Wildman–Crippen MR) is 99.7 cm³/mol. The van der Waals surface area contributed by atoms with E-state index in [4.69, 9.17) is 4.42 Å². The van der Waals surface area contributed by atoms with Gasteiger partial charge in [0.15, 0.2) is 5.69 Å². The van der Waals surface area contributed by atoms with E-state index >= 15 is 0 Å². The first kappa shape index (κ1) is 21.5. The fourth-order valence-electron chi connectivity index (χ4n) is 2.81. The van der Waals surface area contributed by atoms with Crippen LogP contribution in [0.4, 0.5) is 17.6 Å². The van der Waals surface area contributed by atoms with Gasteiger partial charge in [-0.2, -0.15) is 18.3 Å². The lowest BCUT2D eigenvalue weighted by Crippen LogP contribution is -2.33. The van der Waals surface area contributed by atoms with E-state index in [-0.39, 0.29) is 24.8 Å². The summed E-state index contributed by atoms with van der Waals surface area (Å²) in [5, 5.41) is 6.26. The zero-order valence-corrected chi connectivity index (χ0v) is 16.3. The molecule has 0 saturated carbocycles. The van der Waals surface area contributed by atoms with E-state index < -0.39 is 17.8 Å². The van der Waals surface area contributed by atoms with Crippen LogP contribution in [-0.4, -0.2) is 27.2 Å². The van der Waals surface area contributed by atoms with Crippen LogP contribution in [0.15, 0.2) is 41.0 Å². The summed E-state index contributed by atoms with van der Waals surface area (Å²) in [4.78, 5) is 16.6. The fourth-order valence-corrected chi connectivity index (χ4v) is 2.81. The first-order valence-electron chi connectivity index (χ1n) is 9.23. The summed E-state index contributed by atoms with van der Waals surface area (Å²) in [6.45, 7) is 3.44. The molecule has 0 bridgehead atoms. The lowest BCUT2D eigenvalue weighted by atomic mass is 10.1. The van der Waals surface area contributed by atoms with E-state index in [1.165, 1.54) is 30.0 Å². The quantitative estimate of drug-likeness (QED) is 0.582. The third-order valence-electron chi connectivity index (χ3n) is 4.49. The summed E-state index contributed by atoms with van der Waals surface area (Å²) in [7, 11) is 0. The van der Waals surface area contributed by atoms with Crippen LogP contribution < -0.4 is 5.32 Å². The number of halogens is 4. The van der Waals surface area contributed by atoms with E-state index in [0.29, 0.717) is 29.3 Å². The minimum Gasteiger partial charge on any atom is -0.444 e. The molecule has 30 heavy (non-hydrogen) atoms. The van der Waals surface area contributed by atoms with Crippen molar-refractivity contribution in [3.05, 3.63) is 59.5 Å². The normalized spacial score (nSPS) is 12.7. The van der Waals surface area contributed by atoms with Gasteiger partial charge in [-0.05, 0) is 37.3 Å². The van der Waals surface area contributed by atoms with Crippen LogP contribution in [0.2, 0.25) is 0 Å². The van der Waals surface area contributed by atoms with Crippen LogP contribution >= 0.6 is 0 Å². The average molecular weight is 424 g/mol. The van der Waals surface area contributed by atoms with E-state index in [1.807, 2.05) is 0 Å². The van der Waals surface area contributed by atoms with Gasteiger partial charge in [-0.15, -0.1) is 0 Å². The molecule has 10 heteroatoms. The number of nitrogens with one attached hydrogen (secondary N) is 1. The zero-order chi connectivity index (χ0) is 21.9. The molecule has 160 valence electrons. The standard InChI is InChI=1S/C20H20F4N4O2/c1-12(10-28-13(2)9-17(27-28)20(22,23)24)18(29)25-8-7-16-11-30-19(26-16)14-3-5-15(21)6-4-14/h3-6,9,11-12H,7-8,10H2,1-2H3,(H,25,29). The maximum atomic E-state index is 13.0. The summed E-state index contributed by atoms with van der Waals surface area (Å²) in [6, 6.07) is 6.67. The van der Waals surface area contributed by atoms with Gasteiger partial charge in [-0.3, -0.25) is 9.48 Å². The summed E-state index contributed by atoms with van der Waals surface area (Å²) < 4.78 is 57.8. The van der Waals surface area contributed by atoms with Crippen molar-refractivity contribution in [1.29, 1.82) is 0 Å². The molecule has 3 aromatic rings. The van der Waals surface area contributed by atoms with Gasteiger partial charge < -0.3 is 9.73 Å². The molecule has 0 fully saturated rings. The molecular weight excluding hydrogens is 404 g/mol. The van der Waals surface area contributed by atoms with Crippen molar-refractivity contribution < 1.29 is 26.8 Å². The lowest BCUT2D eigenvalue weighted by Gasteiger charge is -2.13. The third-order valence-corrected chi connectivity index (χ3v) is 4.49. The number of rotatable bonds is 7. The Morgan fingerprint density at radius 1 is 1.27 bits per heavy atom. The van der Waals surface area contributed by atoms with Gasteiger partial charge in [0, 0.05) is 24.2 Å². The van der Waals surface area contributed by atoms with Gasteiger partial charge >= 0.3 is 6.18 Å². The minimum absolute atomic E-state index is 0.0341. The maximum absolute atomic E-state index is 13.0. The highest BCUT2D eigenvalue weighted by atomic mass is 19.4. The van der Waals surface area contributed by atoms with Gasteiger partial charge in [0.05, 0.1) is 18.2 Å². The second-order valence-corrected chi connectivity index (χ2v) is 6.94. The van der Waals surface area contributed by atoms with Crippen molar-refractivity contribution in [2.45, 2.75) is 33.0 Å². The molecule has 0 aliphatic heterocycles. The van der Waals surface area contributed by atoms with Crippen molar-refractivity contribution in [3.63, 3.8) is 0 Å². The van der Waals surface area contributed by atoms with Crippen molar-refractivity contribution in [2.24, 2.45) is 5.92 Å². The monoisotopic (exact) mass is 424 g/mol.